The molecule has 29 heavy (non-hydrogen) atoms. The van der Waals surface area contributed by atoms with E-state index < -0.39 is 0 Å². The number of hydrogen-bond acceptors (Lipinski definition) is 5. The van der Waals surface area contributed by atoms with Crippen LogP contribution in [0, 0.1) is 0 Å². The summed E-state index contributed by atoms with van der Waals surface area (Å²) in [6.45, 7) is 1.33. The number of H-pyrrole nitrogens is 1. The summed E-state index contributed by atoms with van der Waals surface area (Å²) in [5, 5.41) is 4.98. The van der Waals surface area contributed by atoms with E-state index in [4.69, 9.17) is 4.42 Å². The highest BCUT2D eigenvalue weighted by Crippen LogP contribution is 2.30. The zero-order valence-corrected chi connectivity index (χ0v) is 16.7. The van der Waals surface area contributed by atoms with Crippen LogP contribution in [-0.4, -0.2) is 21.9 Å². The third-order valence-corrected chi connectivity index (χ3v) is 5.84. The first-order chi connectivity index (χ1) is 14.2. The molecule has 0 saturated carbocycles. The number of benzene rings is 2. The average molecular weight is 401 g/mol. The van der Waals surface area contributed by atoms with Gasteiger partial charge in [-0.1, -0.05) is 36.4 Å². The van der Waals surface area contributed by atoms with Gasteiger partial charge in [-0.25, -0.2) is 4.98 Å². The summed E-state index contributed by atoms with van der Waals surface area (Å²) in [6.07, 6.45) is 1.61. The maximum absolute atomic E-state index is 12.7. The summed E-state index contributed by atoms with van der Waals surface area (Å²) < 4.78 is 5.45. The fourth-order valence-electron chi connectivity index (χ4n) is 3.64. The van der Waals surface area contributed by atoms with Crippen molar-refractivity contribution in [2.24, 2.45) is 0 Å². The molecule has 144 valence electrons. The SMILES string of the molecule is CN(Cc1ccc2ccccc2c1)Cc1nc2scc(-c3ccco3)c2c(=O)[nH]1. The van der Waals surface area contributed by atoms with Crippen molar-refractivity contribution < 1.29 is 4.42 Å². The average Bonchev–Trinajstić information content (AvgIpc) is 3.37. The van der Waals surface area contributed by atoms with E-state index in [0.717, 1.165) is 16.9 Å². The van der Waals surface area contributed by atoms with Crippen LogP contribution in [-0.2, 0) is 13.1 Å². The van der Waals surface area contributed by atoms with Crippen LogP contribution >= 0.6 is 11.3 Å². The number of furan rings is 1. The van der Waals surface area contributed by atoms with Gasteiger partial charge in [0.25, 0.3) is 5.56 Å². The molecule has 2 aromatic carbocycles. The van der Waals surface area contributed by atoms with Gasteiger partial charge in [0.1, 0.15) is 16.4 Å². The fraction of sp³-hybridized carbons (Fsp3) is 0.130. The highest BCUT2D eigenvalue weighted by Gasteiger charge is 2.15. The van der Waals surface area contributed by atoms with Crippen LogP contribution in [0.1, 0.15) is 11.4 Å². The first kappa shape index (κ1) is 17.8. The molecule has 6 heteroatoms. The quantitative estimate of drug-likeness (QED) is 0.449. The van der Waals surface area contributed by atoms with Crippen LogP contribution in [0.2, 0.25) is 0 Å². The lowest BCUT2D eigenvalue weighted by Gasteiger charge is -2.16. The first-order valence-corrected chi connectivity index (χ1v) is 10.3. The molecule has 1 N–H and O–H groups in total. The maximum Gasteiger partial charge on any atom is 0.260 e. The van der Waals surface area contributed by atoms with E-state index in [2.05, 4.69) is 51.3 Å². The van der Waals surface area contributed by atoms with E-state index >= 15 is 0 Å². The molecule has 5 nitrogen and oxygen atoms in total. The Morgan fingerprint density at radius 2 is 1.93 bits per heavy atom. The van der Waals surface area contributed by atoms with Gasteiger partial charge in [-0.2, -0.15) is 0 Å². The second-order valence-corrected chi connectivity index (χ2v) is 8.03. The van der Waals surface area contributed by atoms with Crippen molar-refractivity contribution in [2.45, 2.75) is 13.1 Å². The predicted molar refractivity (Wildman–Crippen MR) is 117 cm³/mol. The van der Waals surface area contributed by atoms with E-state index in [9.17, 15) is 4.79 Å². The van der Waals surface area contributed by atoms with Crippen molar-refractivity contribution in [1.82, 2.24) is 14.9 Å². The smallest absolute Gasteiger partial charge is 0.260 e. The van der Waals surface area contributed by atoms with Gasteiger partial charge >= 0.3 is 0 Å². The zero-order valence-electron chi connectivity index (χ0n) is 15.9. The van der Waals surface area contributed by atoms with E-state index in [1.807, 2.05) is 30.6 Å². The Morgan fingerprint density at radius 1 is 1.07 bits per heavy atom. The summed E-state index contributed by atoms with van der Waals surface area (Å²) in [4.78, 5) is 23.2. The molecule has 0 spiro atoms. The molecule has 0 amide bonds. The number of thiophene rings is 1. The van der Waals surface area contributed by atoms with E-state index in [1.54, 1.807) is 6.26 Å². The highest BCUT2D eigenvalue weighted by molar-refractivity contribution is 7.17. The molecular formula is C23H19N3O2S. The summed E-state index contributed by atoms with van der Waals surface area (Å²) >= 11 is 1.46. The molecule has 5 aromatic rings. The Bertz CT molecular complexity index is 1350. The first-order valence-electron chi connectivity index (χ1n) is 9.38. The molecule has 0 saturated heterocycles. The second kappa shape index (κ2) is 7.31. The zero-order chi connectivity index (χ0) is 19.8. The highest BCUT2D eigenvalue weighted by atomic mass is 32.1. The summed E-state index contributed by atoms with van der Waals surface area (Å²) in [5.41, 5.74) is 1.89. The van der Waals surface area contributed by atoms with Crippen LogP contribution < -0.4 is 5.56 Å². The van der Waals surface area contributed by atoms with Gasteiger partial charge < -0.3 is 9.40 Å². The largest absolute Gasteiger partial charge is 0.464 e. The summed E-state index contributed by atoms with van der Waals surface area (Å²) in [7, 11) is 2.03. The van der Waals surface area contributed by atoms with E-state index in [1.165, 1.54) is 27.7 Å². The van der Waals surface area contributed by atoms with Gasteiger partial charge in [0.2, 0.25) is 0 Å². The summed E-state index contributed by atoms with van der Waals surface area (Å²) in [5.74, 6) is 1.35. The molecule has 0 aliphatic heterocycles. The van der Waals surface area contributed by atoms with E-state index in [0.29, 0.717) is 23.5 Å². The standard InChI is InChI=1S/C23H19N3O2S/c1-26(12-15-8-9-16-5-2-3-6-17(16)11-15)13-20-24-22(27)21-18(14-29-23(21)25-20)19-7-4-10-28-19/h2-11,14H,12-13H2,1H3,(H,24,25,27). The molecule has 0 bridgehead atoms. The van der Waals surface area contributed by atoms with Crippen LogP contribution in [0.3, 0.4) is 0 Å². The Hall–Kier alpha value is -3.22. The van der Waals surface area contributed by atoms with Gasteiger partial charge in [-0.05, 0) is 41.6 Å². The number of nitrogens with one attached hydrogen (secondary N) is 1. The van der Waals surface area contributed by atoms with Gasteiger partial charge in [0.15, 0.2) is 0 Å². The minimum atomic E-state index is -0.128. The fourth-order valence-corrected chi connectivity index (χ4v) is 4.59. The van der Waals surface area contributed by atoms with Gasteiger partial charge in [-0.3, -0.25) is 9.69 Å². The molecule has 0 aliphatic rings. The maximum atomic E-state index is 12.7. The number of aromatic amines is 1. The third kappa shape index (κ3) is 3.48. The van der Waals surface area contributed by atoms with Crippen LogP contribution in [0.15, 0.2) is 75.5 Å². The molecule has 0 radical (unpaired) electrons. The molecule has 0 unspecified atom stereocenters. The van der Waals surface area contributed by atoms with Crippen LogP contribution in [0.5, 0.6) is 0 Å². The van der Waals surface area contributed by atoms with Crippen LogP contribution in [0.25, 0.3) is 32.3 Å². The molecule has 0 fully saturated rings. The minimum absolute atomic E-state index is 0.128. The van der Waals surface area contributed by atoms with Crippen LogP contribution in [0.4, 0.5) is 0 Å². The Labute approximate surface area is 171 Å². The number of hydrogen-bond donors (Lipinski definition) is 1. The molecule has 0 aliphatic carbocycles. The molecule has 5 rings (SSSR count). The molecular weight excluding hydrogens is 382 g/mol. The Balaban J connectivity index is 1.38. The van der Waals surface area contributed by atoms with Crippen molar-refractivity contribution in [1.29, 1.82) is 0 Å². The van der Waals surface area contributed by atoms with Gasteiger partial charge in [-0.15, -0.1) is 11.3 Å². The second-order valence-electron chi connectivity index (χ2n) is 7.17. The monoisotopic (exact) mass is 401 g/mol. The topological polar surface area (TPSA) is 62.1 Å². The molecule has 0 atom stereocenters. The van der Waals surface area contributed by atoms with Crippen molar-refractivity contribution in [3.8, 4) is 11.3 Å². The number of nitrogens with zero attached hydrogens (tertiary/aromatic N) is 2. The van der Waals surface area contributed by atoms with Crippen molar-refractivity contribution in [3.63, 3.8) is 0 Å². The number of aromatic nitrogens is 2. The van der Waals surface area contributed by atoms with Gasteiger partial charge in [0.05, 0.1) is 18.2 Å². The lowest BCUT2D eigenvalue weighted by molar-refractivity contribution is 0.311. The third-order valence-electron chi connectivity index (χ3n) is 4.97. The minimum Gasteiger partial charge on any atom is -0.464 e. The number of rotatable bonds is 5. The molecule has 3 heterocycles. The van der Waals surface area contributed by atoms with E-state index in [-0.39, 0.29) is 5.56 Å². The Kier molecular flexibility index (Phi) is 4.50. The lowest BCUT2D eigenvalue weighted by Crippen LogP contribution is -2.21. The molecule has 3 aromatic heterocycles. The Morgan fingerprint density at radius 3 is 2.76 bits per heavy atom. The van der Waals surface area contributed by atoms with Crippen molar-refractivity contribution >= 4 is 32.3 Å². The summed E-state index contributed by atoms with van der Waals surface area (Å²) in [6, 6.07) is 18.5. The lowest BCUT2D eigenvalue weighted by atomic mass is 10.1. The van der Waals surface area contributed by atoms with Crippen molar-refractivity contribution in [2.75, 3.05) is 7.05 Å². The van der Waals surface area contributed by atoms with Gasteiger partial charge in [0, 0.05) is 17.5 Å². The number of fused-ring (bicyclic) bond motifs is 2. The normalized spacial score (nSPS) is 11.7. The van der Waals surface area contributed by atoms with Crippen molar-refractivity contribution in [3.05, 3.63) is 88.0 Å². The predicted octanol–water partition coefficient (Wildman–Crippen LogP) is 5.03.